The van der Waals surface area contributed by atoms with Crippen LogP contribution in [-0.2, 0) is 24.3 Å². The van der Waals surface area contributed by atoms with Crippen LogP contribution in [0.15, 0.2) is 0 Å². The van der Waals surface area contributed by atoms with Gasteiger partial charge in [0.1, 0.15) is 0 Å². The quantitative estimate of drug-likeness (QED) is 0.515. The van der Waals surface area contributed by atoms with E-state index in [2.05, 4.69) is 0 Å². The first kappa shape index (κ1) is 17.7. The van der Waals surface area contributed by atoms with Gasteiger partial charge in [-0.2, -0.15) is 11.8 Å². The number of hydrogen-bond donors (Lipinski definition) is 1. The summed E-state index contributed by atoms with van der Waals surface area (Å²) >= 11 is 1.50. The second kappa shape index (κ2) is 10.7. The number of carboxylic acids is 1. The maximum absolute atomic E-state index is 9.83. The zero-order valence-electron chi connectivity index (χ0n) is 6.25. The SMILES string of the molecule is CSCCC(O)C(=O)[O-].[Cl-].[Zn+2]. The van der Waals surface area contributed by atoms with Crippen LogP contribution in [0.5, 0.6) is 0 Å². The maximum atomic E-state index is 9.83. The van der Waals surface area contributed by atoms with E-state index in [1.54, 1.807) is 0 Å². The van der Waals surface area contributed by atoms with Crippen molar-refractivity contribution in [3.63, 3.8) is 0 Å². The van der Waals surface area contributed by atoms with Crippen LogP contribution >= 0.6 is 11.8 Å². The number of carbonyl (C=O) groups is 1. The molecule has 0 aliphatic rings. The van der Waals surface area contributed by atoms with E-state index in [-0.39, 0.29) is 38.3 Å². The molecule has 0 heterocycles. The van der Waals surface area contributed by atoms with Crippen LogP contribution in [0, 0.1) is 0 Å². The average molecular weight is 250 g/mol. The Labute approximate surface area is 89.1 Å². The Bertz CT molecular complexity index is 104. The Balaban J connectivity index is -0.000000320. The molecule has 0 aliphatic heterocycles. The van der Waals surface area contributed by atoms with Crippen molar-refractivity contribution < 1.29 is 46.9 Å². The molecular weight excluding hydrogens is 241 g/mol. The standard InChI is InChI=1S/C5H10O3S.ClH.Zn/c1-9-3-2-4(6)5(7)8;;/h4,6H,2-3H2,1H3,(H,7,8);1H;/q;;+2/p-2. The predicted molar refractivity (Wildman–Crippen MR) is 34.0 cm³/mol. The minimum Gasteiger partial charge on any atom is -1.00 e. The molecule has 11 heavy (non-hydrogen) atoms. The van der Waals surface area contributed by atoms with E-state index >= 15 is 0 Å². The first-order chi connectivity index (χ1) is 4.18. The molecule has 0 amide bonds. The number of rotatable bonds is 4. The molecule has 3 nitrogen and oxygen atoms in total. The number of aliphatic hydroxyl groups is 1. The van der Waals surface area contributed by atoms with Gasteiger partial charge in [0.15, 0.2) is 0 Å². The predicted octanol–water partition coefficient (Wildman–Crippen LogP) is -4.15. The molecule has 0 aromatic carbocycles. The number of carbonyl (C=O) groups excluding carboxylic acids is 1. The number of aliphatic hydroxyl groups excluding tert-OH is 1. The summed E-state index contributed by atoms with van der Waals surface area (Å²) < 4.78 is 0. The van der Waals surface area contributed by atoms with E-state index in [1.165, 1.54) is 11.8 Å². The van der Waals surface area contributed by atoms with Crippen molar-refractivity contribution in [3.8, 4) is 0 Å². The Morgan fingerprint density at radius 3 is 2.45 bits per heavy atom. The summed E-state index contributed by atoms with van der Waals surface area (Å²) in [5.41, 5.74) is 0. The van der Waals surface area contributed by atoms with Crippen LogP contribution in [0.4, 0.5) is 0 Å². The van der Waals surface area contributed by atoms with Crippen molar-refractivity contribution in [2.24, 2.45) is 0 Å². The van der Waals surface area contributed by atoms with Gasteiger partial charge in [-0.3, -0.25) is 0 Å². The summed E-state index contributed by atoms with van der Waals surface area (Å²) in [6.45, 7) is 0. The van der Waals surface area contributed by atoms with Crippen molar-refractivity contribution in [2.75, 3.05) is 12.0 Å². The zero-order valence-corrected chi connectivity index (χ0v) is 10.8. The van der Waals surface area contributed by atoms with Gasteiger partial charge < -0.3 is 27.4 Å². The number of carboxylic acid groups (broad SMARTS) is 1. The molecule has 0 rings (SSSR count). The first-order valence-electron chi connectivity index (χ1n) is 2.56. The van der Waals surface area contributed by atoms with Gasteiger partial charge in [-0.1, -0.05) is 0 Å². The van der Waals surface area contributed by atoms with Crippen molar-refractivity contribution in [2.45, 2.75) is 12.5 Å². The van der Waals surface area contributed by atoms with E-state index < -0.39 is 12.1 Å². The molecule has 6 heteroatoms. The topological polar surface area (TPSA) is 60.4 Å². The maximum Gasteiger partial charge on any atom is 2.00 e. The van der Waals surface area contributed by atoms with Crippen LogP contribution in [0.1, 0.15) is 6.42 Å². The van der Waals surface area contributed by atoms with Crippen LogP contribution in [0.2, 0.25) is 0 Å². The molecule has 1 unspecified atom stereocenters. The molecule has 1 atom stereocenters. The Morgan fingerprint density at radius 2 is 2.18 bits per heavy atom. The van der Waals surface area contributed by atoms with E-state index in [9.17, 15) is 9.90 Å². The number of hydrogen-bond acceptors (Lipinski definition) is 4. The molecule has 0 saturated heterocycles. The van der Waals surface area contributed by atoms with E-state index in [0.717, 1.165) is 0 Å². The summed E-state index contributed by atoms with van der Waals surface area (Å²) in [7, 11) is 0. The zero-order chi connectivity index (χ0) is 7.28. The number of thioether (sulfide) groups is 1. The smallest absolute Gasteiger partial charge is 1.00 e. The minimum atomic E-state index is -1.39. The third kappa shape index (κ3) is 10.7. The summed E-state index contributed by atoms with van der Waals surface area (Å²) in [5.74, 6) is -0.737. The van der Waals surface area contributed by atoms with E-state index in [4.69, 9.17) is 5.11 Å². The summed E-state index contributed by atoms with van der Waals surface area (Å²) in [6.07, 6.45) is 0.823. The van der Waals surface area contributed by atoms with Gasteiger partial charge in [0.2, 0.25) is 0 Å². The monoisotopic (exact) mass is 248 g/mol. The number of halogens is 1. The normalized spacial score (nSPS) is 10.7. The molecule has 0 aromatic rings. The second-order valence-electron chi connectivity index (χ2n) is 1.62. The van der Waals surface area contributed by atoms with Crippen molar-refractivity contribution in [1.29, 1.82) is 0 Å². The van der Waals surface area contributed by atoms with E-state index in [1.807, 2.05) is 6.26 Å². The molecule has 0 saturated carbocycles. The van der Waals surface area contributed by atoms with Gasteiger partial charge in [0.05, 0.1) is 12.1 Å². The van der Waals surface area contributed by atoms with Gasteiger partial charge in [0, 0.05) is 0 Å². The van der Waals surface area contributed by atoms with Crippen LogP contribution in [0.25, 0.3) is 0 Å². The largest absolute Gasteiger partial charge is 2.00 e. The molecular formula is C5H9ClO3SZn. The van der Waals surface area contributed by atoms with Crippen LogP contribution in [-0.4, -0.2) is 29.2 Å². The third-order valence-corrected chi connectivity index (χ3v) is 1.51. The Hall–Kier alpha value is 0.693. The fraction of sp³-hybridized carbons (Fsp3) is 0.800. The van der Waals surface area contributed by atoms with Gasteiger partial charge in [0.25, 0.3) is 0 Å². The summed E-state index contributed by atoms with van der Waals surface area (Å²) in [5, 5.41) is 18.4. The number of aliphatic carboxylic acids is 1. The van der Waals surface area contributed by atoms with Gasteiger partial charge in [-0.05, 0) is 18.4 Å². The fourth-order valence-corrected chi connectivity index (χ4v) is 0.806. The van der Waals surface area contributed by atoms with Gasteiger partial charge >= 0.3 is 19.5 Å². The third-order valence-electron chi connectivity index (χ3n) is 0.867. The minimum absolute atomic E-state index is 0. The van der Waals surface area contributed by atoms with Crippen molar-refractivity contribution >= 4 is 17.7 Å². The summed E-state index contributed by atoms with van der Waals surface area (Å²) in [6, 6.07) is 0. The molecule has 1 N–H and O–H groups in total. The van der Waals surface area contributed by atoms with E-state index in [0.29, 0.717) is 5.75 Å². The average Bonchev–Trinajstić information content (AvgIpc) is 1.82. The Morgan fingerprint density at radius 1 is 1.73 bits per heavy atom. The fourth-order valence-electron chi connectivity index (χ4n) is 0.347. The molecule has 0 fully saturated rings. The molecule has 0 spiro atoms. The summed E-state index contributed by atoms with van der Waals surface area (Å²) in [4.78, 5) is 9.83. The molecule has 0 bridgehead atoms. The first-order valence-corrected chi connectivity index (χ1v) is 3.95. The Kier molecular flexibility index (Phi) is 17.2. The van der Waals surface area contributed by atoms with Crippen LogP contribution < -0.4 is 17.5 Å². The van der Waals surface area contributed by atoms with Gasteiger partial charge in [-0.25, -0.2) is 0 Å². The second-order valence-corrected chi connectivity index (χ2v) is 2.60. The van der Waals surface area contributed by atoms with Crippen molar-refractivity contribution in [1.82, 2.24) is 0 Å². The van der Waals surface area contributed by atoms with Crippen LogP contribution in [0.3, 0.4) is 0 Å². The molecule has 0 aromatic heterocycles. The van der Waals surface area contributed by atoms with Gasteiger partial charge in [-0.15, -0.1) is 0 Å². The van der Waals surface area contributed by atoms with Crippen molar-refractivity contribution in [3.05, 3.63) is 0 Å². The molecule has 62 valence electrons. The molecule has 0 radical (unpaired) electrons. The molecule has 0 aliphatic carbocycles.